The average molecular weight is 446 g/mol. The monoisotopic (exact) mass is 445 g/mol. The van der Waals surface area contributed by atoms with Crippen molar-refractivity contribution in [2.75, 3.05) is 66.6 Å². The summed E-state index contributed by atoms with van der Waals surface area (Å²) in [6.45, 7) is 8.94. The number of hydrogen-bond acceptors (Lipinski definition) is 5. The molecule has 0 spiro atoms. The third-order valence-electron chi connectivity index (χ3n) is 5.78. The van der Waals surface area contributed by atoms with Crippen LogP contribution in [0.5, 0.6) is 5.75 Å². The van der Waals surface area contributed by atoms with Gasteiger partial charge in [-0.1, -0.05) is 12.1 Å². The number of rotatable bonds is 9. The molecule has 1 aromatic carbocycles. The second kappa shape index (κ2) is 12.6. The topological polar surface area (TPSA) is 69.6 Å². The van der Waals surface area contributed by atoms with Gasteiger partial charge >= 0.3 is 0 Å². The van der Waals surface area contributed by atoms with Gasteiger partial charge in [0.2, 0.25) is 0 Å². The molecule has 178 valence electrons. The Balaban J connectivity index is 1.47. The SMILES string of the molecule is CCNC(=NCc1ccc(OCCCN(C)C)cc1)N1CCN(C(=O)C2CCCO2)CC1. The van der Waals surface area contributed by atoms with E-state index >= 15 is 0 Å². The zero-order valence-corrected chi connectivity index (χ0v) is 19.9. The fraction of sp³-hybridized carbons (Fsp3) is 0.667. The van der Waals surface area contributed by atoms with Crippen molar-refractivity contribution in [3.63, 3.8) is 0 Å². The Bertz CT molecular complexity index is 724. The molecule has 3 rings (SSSR count). The smallest absolute Gasteiger partial charge is 0.251 e. The minimum absolute atomic E-state index is 0.146. The van der Waals surface area contributed by atoms with Gasteiger partial charge in [-0.2, -0.15) is 0 Å². The van der Waals surface area contributed by atoms with E-state index in [4.69, 9.17) is 14.5 Å². The van der Waals surface area contributed by atoms with Crippen LogP contribution in [-0.2, 0) is 16.1 Å². The first-order chi connectivity index (χ1) is 15.6. The number of carbonyl (C=O) groups excluding carboxylic acids is 1. The molecule has 8 nitrogen and oxygen atoms in total. The van der Waals surface area contributed by atoms with Crippen LogP contribution >= 0.6 is 0 Å². The molecule has 1 unspecified atom stereocenters. The molecule has 0 radical (unpaired) electrons. The van der Waals surface area contributed by atoms with Crippen molar-refractivity contribution in [2.45, 2.75) is 38.8 Å². The molecule has 0 saturated carbocycles. The molecule has 2 aliphatic heterocycles. The lowest BCUT2D eigenvalue weighted by Crippen LogP contribution is -2.55. The quantitative estimate of drug-likeness (QED) is 0.355. The Labute approximate surface area is 192 Å². The molecule has 0 aromatic heterocycles. The zero-order valence-electron chi connectivity index (χ0n) is 19.9. The lowest BCUT2D eigenvalue weighted by molar-refractivity contribution is -0.142. The molecule has 8 heteroatoms. The van der Waals surface area contributed by atoms with Gasteiger partial charge in [0.05, 0.1) is 13.2 Å². The van der Waals surface area contributed by atoms with Crippen molar-refractivity contribution in [1.29, 1.82) is 0 Å². The number of carbonyl (C=O) groups is 1. The molecule has 2 saturated heterocycles. The zero-order chi connectivity index (χ0) is 22.8. The molecule has 1 aromatic rings. The first-order valence-electron chi connectivity index (χ1n) is 11.9. The number of guanidine groups is 1. The van der Waals surface area contributed by atoms with Gasteiger partial charge in [0.1, 0.15) is 11.9 Å². The van der Waals surface area contributed by atoms with Crippen molar-refractivity contribution >= 4 is 11.9 Å². The van der Waals surface area contributed by atoms with Crippen LogP contribution in [0, 0.1) is 0 Å². The van der Waals surface area contributed by atoms with Crippen LogP contribution in [0.3, 0.4) is 0 Å². The molecule has 2 aliphatic rings. The summed E-state index contributed by atoms with van der Waals surface area (Å²) in [7, 11) is 4.14. The Morgan fingerprint density at radius 3 is 2.53 bits per heavy atom. The molecule has 1 N–H and O–H groups in total. The van der Waals surface area contributed by atoms with E-state index < -0.39 is 0 Å². The molecule has 32 heavy (non-hydrogen) atoms. The van der Waals surface area contributed by atoms with Gasteiger partial charge in [-0.05, 0) is 58.0 Å². The first kappa shape index (κ1) is 24.3. The standard InChI is InChI=1S/C24H39N5O3/c1-4-25-24(29-15-13-28(14-16-29)23(30)22-7-5-17-32-22)26-19-20-8-10-21(11-9-20)31-18-6-12-27(2)3/h8-11,22H,4-7,12-19H2,1-3H3,(H,25,26). The summed E-state index contributed by atoms with van der Waals surface area (Å²) in [5.41, 5.74) is 1.15. The van der Waals surface area contributed by atoms with Crippen LogP contribution in [-0.4, -0.2) is 99.2 Å². The molecule has 2 heterocycles. The summed E-state index contributed by atoms with van der Waals surface area (Å²) in [5, 5.41) is 3.40. The maximum atomic E-state index is 12.6. The molecule has 2 fully saturated rings. The van der Waals surface area contributed by atoms with Crippen LogP contribution in [0.2, 0.25) is 0 Å². The lowest BCUT2D eigenvalue weighted by Gasteiger charge is -2.37. The highest BCUT2D eigenvalue weighted by Crippen LogP contribution is 2.17. The molecular weight excluding hydrogens is 406 g/mol. The van der Waals surface area contributed by atoms with Crippen LogP contribution in [0.25, 0.3) is 0 Å². The van der Waals surface area contributed by atoms with Gasteiger partial charge in [0.25, 0.3) is 5.91 Å². The maximum Gasteiger partial charge on any atom is 0.251 e. The number of aliphatic imine (C=N–C) groups is 1. The number of benzene rings is 1. The summed E-state index contributed by atoms with van der Waals surface area (Å²) in [6.07, 6.45) is 2.61. The molecule has 0 aliphatic carbocycles. The van der Waals surface area contributed by atoms with Crippen molar-refractivity contribution in [3.05, 3.63) is 29.8 Å². The highest BCUT2D eigenvalue weighted by molar-refractivity contribution is 5.82. The number of amides is 1. The fourth-order valence-electron chi connectivity index (χ4n) is 3.97. The van der Waals surface area contributed by atoms with E-state index in [1.807, 2.05) is 17.0 Å². The van der Waals surface area contributed by atoms with Crippen molar-refractivity contribution in [3.8, 4) is 5.75 Å². The van der Waals surface area contributed by atoms with E-state index in [1.165, 1.54) is 0 Å². The van der Waals surface area contributed by atoms with Gasteiger partial charge < -0.3 is 29.5 Å². The summed E-state index contributed by atoms with van der Waals surface area (Å²) in [4.78, 5) is 23.8. The summed E-state index contributed by atoms with van der Waals surface area (Å²) < 4.78 is 11.4. The fourth-order valence-corrected chi connectivity index (χ4v) is 3.97. The third-order valence-corrected chi connectivity index (χ3v) is 5.78. The van der Waals surface area contributed by atoms with Crippen molar-refractivity contribution in [2.24, 2.45) is 4.99 Å². The predicted molar refractivity (Wildman–Crippen MR) is 127 cm³/mol. The Hall–Kier alpha value is -2.32. The van der Waals surface area contributed by atoms with Crippen LogP contribution in [0.1, 0.15) is 31.7 Å². The number of ether oxygens (including phenoxy) is 2. The number of hydrogen-bond donors (Lipinski definition) is 1. The van der Waals surface area contributed by atoms with Crippen molar-refractivity contribution < 1.29 is 14.3 Å². The number of piperazine rings is 1. The summed E-state index contributed by atoms with van der Waals surface area (Å²) in [6, 6.07) is 8.19. The molecular formula is C24H39N5O3. The third kappa shape index (κ3) is 7.38. The number of nitrogens with zero attached hydrogens (tertiary/aromatic N) is 4. The summed E-state index contributed by atoms with van der Waals surface area (Å²) >= 11 is 0. The molecule has 1 atom stereocenters. The maximum absolute atomic E-state index is 12.6. The lowest BCUT2D eigenvalue weighted by atomic mass is 10.2. The van der Waals surface area contributed by atoms with Gasteiger partial charge in [-0.3, -0.25) is 4.79 Å². The van der Waals surface area contributed by atoms with Crippen molar-refractivity contribution in [1.82, 2.24) is 20.0 Å². The predicted octanol–water partition coefficient (Wildman–Crippen LogP) is 1.81. The summed E-state index contributed by atoms with van der Waals surface area (Å²) in [5.74, 6) is 1.95. The highest BCUT2D eigenvalue weighted by atomic mass is 16.5. The number of nitrogens with one attached hydrogen (secondary N) is 1. The first-order valence-corrected chi connectivity index (χ1v) is 11.9. The molecule has 0 bridgehead atoms. The van der Waals surface area contributed by atoms with E-state index in [0.29, 0.717) is 26.2 Å². The van der Waals surface area contributed by atoms with Crippen LogP contribution in [0.4, 0.5) is 0 Å². The van der Waals surface area contributed by atoms with E-state index in [9.17, 15) is 4.79 Å². The minimum Gasteiger partial charge on any atom is -0.494 e. The van der Waals surface area contributed by atoms with E-state index in [-0.39, 0.29) is 12.0 Å². The second-order valence-electron chi connectivity index (χ2n) is 8.63. The van der Waals surface area contributed by atoms with Gasteiger partial charge in [-0.25, -0.2) is 4.99 Å². The average Bonchev–Trinajstić information content (AvgIpc) is 3.35. The van der Waals surface area contributed by atoms with E-state index in [1.54, 1.807) is 0 Å². The normalized spacial score (nSPS) is 19.5. The highest BCUT2D eigenvalue weighted by Gasteiger charge is 2.30. The van der Waals surface area contributed by atoms with Crippen LogP contribution < -0.4 is 10.1 Å². The van der Waals surface area contributed by atoms with E-state index in [2.05, 4.69) is 48.3 Å². The van der Waals surface area contributed by atoms with Gasteiger partial charge in [-0.15, -0.1) is 0 Å². The second-order valence-corrected chi connectivity index (χ2v) is 8.63. The largest absolute Gasteiger partial charge is 0.494 e. The Morgan fingerprint density at radius 2 is 1.91 bits per heavy atom. The van der Waals surface area contributed by atoms with E-state index in [0.717, 1.165) is 69.3 Å². The molecule has 1 amide bonds. The Morgan fingerprint density at radius 1 is 1.19 bits per heavy atom. The van der Waals surface area contributed by atoms with Gasteiger partial charge in [0.15, 0.2) is 5.96 Å². The van der Waals surface area contributed by atoms with Crippen LogP contribution in [0.15, 0.2) is 29.3 Å². The minimum atomic E-state index is -0.233. The van der Waals surface area contributed by atoms with Gasteiger partial charge in [0, 0.05) is 45.9 Å². The Kier molecular flexibility index (Phi) is 9.62.